The van der Waals surface area contributed by atoms with Crippen molar-refractivity contribution in [1.29, 1.82) is 0 Å². The normalized spacial score (nSPS) is 17.2. The molecule has 0 unspecified atom stereocenters. The van der Waals surface area contributed by atoms with Crippen LogP contribution in [0.5, 0.6) is 5.75 Å². The zero-order valence-electron chi connectivity index (χ0n) is 18.6. The Kier molecular flexibility index (Phi) is 6.87. The van der Waals surface area contributed by atoms with Crippen molar-refractivity contribution in [2.24, 2.45) is 0 Å². The fourth-order valence-electron chi connectivity index (χ4n) is 4.14. The van der Waals surface area contributed by atoms with Crippen molar-refractivity contribution in [1.82, 2.24) is 9.80 Å². The van der Waals surface area contributed by atoms with Gasteiger partial charge in [-0.1, -0.05) is 30.3 Å². The summed E-state index contributed by atoms with van der Waals surface area (Å²) in [6, 6.07) is 15.0. The molecule has 2 aromatic carbocycles. The maximum Gasteiger partial charge on any atom is 0.278 e. The number of aryl methyl sites for hydroxylation is 1. The number of benzene rings is 2. The van der Waals surface area contributed by atoms with E-state index in [1.165, 1.54) is 4.90 Å². The number of carbonyl (C=O) groups is 2. The third kappa shape index (κ3) is 4.69. The molecule has 32 heavy (non-hydrogen) atoms. The first-order valence-corrected chi connectivity index (χ1v) is 11.0. The number of hydrogen-bond acceptors (Lipinski definition) is 6. The van der Waals surface area contributed by atoms with E-state index in [0.717, 1.165) is 44.1 Å². The highest BCUT2D eigenvalue weighted by atomic mass is 16.5. The van der Waals surface area contributed by atoms with Gasteiger partial charge >= 0.3 is 0 Å². The van der Waals surface area contributed by atoms with E-state index in [4.69, 9.17) is 9.47 Å². The van der Waals surface area contributed by atoms with Crippen molar-refractivity contribution in [2.45, 2.75) is 13.3 Å². The number of hydrogen-bond donors (Lipinski definition) is 1. The Morgan fingerprint density at radius 2 is 1.78 bits per heavy atom. The third-order valence-electron chi connectivity index (χ3n) is 5.79. The Bertz CT molecular complexity index is 1030. The number of imide groups is 1. The highest BCUT2D eigenvalue weighted by Gasteiger charge is 2.40. The fourth-order valence-corrected chi connectivity index (χ4v) is 4.14. The molecule has 0 spiro atoms. The second-order valence-corrected chi connectivity index (χ2v) is 8.01. The Morgan fingerprint density at radius 1 is 1.00 bits per heavy atom. The van der Waals surface area contributed by atoms with Crippen molar-refractivity contribution in [2.75, 3.05) is 51.8 Å². The number of nitrogens with one attached hydrogen (secondary N) is 1. The molecule has 0 aromatic heterocycles. The minimum absolute atomic E-state index is 0.288. The first kappa shape index (κ1) is 22.0. The molecule has 2 aliphatic rings. The van der Waals surface area contributed by atoms with E-state index in [-0.39, 0.29) is 17.5 Å². The molecule has 2 heterocycles. The van der Waals surface area contributed by atoms with E-state index in [1.807, 2.05) is 49.4 Å². The van der Waals surface area contributed by atoms with Crippen molar-refractivity contribution < 1.29 is 19.1 Å². The minimum Gasteiger partial charge on any atom is -0.496 e. The first-order chi connectivity index (χ1) is 15.6. The predicted octanol–water partition coefficient (Wildman–Crippen LogP) is 2.92. The summed E-state index contributed by atoms with van der Waals surface area (Å²) >= 11 is 0. The SMILES string of the molecule is COc1ccccc1C1=C(Nc2cccc(C)c2)C(=O)N(CCCN2CCOCC2)C1=O. The molecule has 7 nitrogen and oxygen atoms in total. The molecule has 0 atom stereocenters. The van der Waals surface area contributed by atoms with Crippen LogP contribution in [0.2, 0.25) is 0 Å². The van der Waals surface area contributed by atoms with Crippen LogP contribution in [0, 0.1) is 6.92 Å². The third-order valence-corrected chi connectivity index (χ3v) is 5.79. The van der Waals surface area contributed by atoms with Gasteiger partial charge in [0.25, 0.3) is 11.8 Å². The van der Waals surface area contributed by atoms with Gasteiger partial charge in [-0.3, -0.25) is 19.4 Å². The zero-order valence-corrected chi connectivity index (χ0v) is 18.6. The van der Waals surface area contributed by atoms with Crippen LogP contribution in [0.1, 0.15) is 17.5 Å². The minimum atomic E-state index is -0.306. The van der Waals surface area contributed by atoms with E-state index in [9.17, 15) is 9.59 Å². The van der Waals surface area contributed by atoms with E-state index in [2.05, 4.69) is 10.2 Å². The van der Waals surface area contributed by atoms with E-state index in [1.54, 1.807) is 13.2 Å². The molecule has 1 N–H and O–H groups in total. The van der Waals surface area contributed by atoms with Crippen LogP contribution < -0.4 is 10.1 Å². The smallest absolute Gasteiger partial charge is 0.278 e. The molecule has 7 heteroatoms. The summed E-state index contributed by atoms with van der Waals surface area (Å²) in [6.07, 6.45) is 0.717. The lowest BCUT2D eigenvalue weighted by Crippen LogP contribution is -2.39. The fraction of sp³-hybridized carbons (Fsp3) is 0.360. The van der Waals surface area contributed by atoms with Crippen molar-refractivity contribution in [3.05, 3.63) is 65.4 Å². The summed E-state index contributed by atoms with van der Waals surface area (Å²) in [5, 5.41) is 3.22. The van der Waals surface area contributed by atoms with Gasteiger partial charge in [0.15, 0.2) is 0 Å². The summed E-state index contributed by atoms with van der Waals surface area (Å²) in [4.78, 5) is 30.5. The average Bonchev–Trinajstić information content (AvgIpc) is 3.04. The van der Waals surface area contributed by atoms with Crippen molar-refractivity contribution in [3.8, 4) is 5.75 Å². The molecule has 2 aliphatic heterocycles. The molecule has 2 aromatic rings. The average molecular weight is 436 g/mol. The van der Waals surface area contributed by atoms with Gasteiger partial charge in [0.2, 0.25) is 0 Å². The number of para-hydroxylation sites is 1. The van der Waals surface area contributed by atoms with Gasteiger partial charge in [0, 0.05) is 37.4 Å². The van der Waals surface area contributed by atoms with Gasteiger partial charge in [-0.2, -0.15) is 0 Å². The highest BCUT2D eigenvalue weighted by Crippen LogP contribution is 2.35. The number of ether oxygens (including phenoxy) is 2. The van der Waals surface area contributed by atoms with E-state index >= 15 is 0 Å². The molecular formula is C25H29N3O4. The summed E-state index contributed by atoms with van der Waals surface area (Å²) in [6.45, 7) is 6.40. The molecule has 0 bridgehead atoms. The molecule has 4 rings (SSSR count). The maximum atomic E-state index is 13.5. The Labute approximate surface area is 188 Å². The Hall–Kier alpha value is -3.16. The molecular weight excluding hydrogens is 406 g/mol. The molecule has 0 radical (unpaired) electrons. The number of rotatable bonds is 8. The molecule has 0 aliphatic carbocycles. The monoisotopic (exact) mass is 435 g/mol. The van der Waals surface area contributed by atoms with Gasteiger partial charge in [-0.15, -0.1) is 0 Å². The topological polar surface area (TPSA) is 71.1 Å². The van der Waals surface area contributed by atoms with Gasteiger partial charge in [0.05, 0.1) is 25.9 Å². The number of nitrogens with zero attached hydrogens (tertiary/aromatic N) is 2. The lowest BCUT2D eigenvalue weighted by molar-refractivity contribution is -0.136. The molecule has 1 fully saturated rings. The van der Waals surface area contributed by atoms with Gasteiger partial charge in [0.1, 0.15) is 11.4 Å². The van der Waals surface area contributed by atoms with Crippen LogP contribution in [0.4, 0.5) is 5.69 Å². The first-order valence-electron chi connectivity index (χ1n) is 11.0. The molecule has 0 saturated carbocycles. The van der Waals surface area contributed by atoms with Crippen molar-refractivity contribution in [3.63, 3.8) is 0 Å². The lowest BCUT2D eigenvalue weighted by atomic mass is 10.0. The summed E-state index contributed by atoms with van der Waals surface area (Å²) in [5.41, 5.74) is 3.08. The largest absolute Gasteiger partial charge is 0.496 e. The lowest BCUT2D eigenvalue weighted by Gasteiger charge is -2.27. The summed E-state index contributed by atoms with van der Waals surface area (Å²) in [7, 11) is 1.56. The molecule has 168 valence electrons. The van der Waals surface area contributed by atoms with Gasteiger partial charge in [-0.25, -0.2) is 0 Å². The number of amides is 2. The quantitative estimate of drug-likeness (QED) is 0.643. The van der Waals surface area contributed by atoms with Crippen LogP contribution in [-0.4, -0.2) is 68.1 Å². The second-order valence-electron chi connectivity index (χ2n) is 8.01. The Morgan fingerprint density at radius 3 is 2.53 bits per heavy atom. The second kappa shape index (κ2) is 9.97. The molecule has 1 saturated heterocycles. The van der Waals surface area contributed by atoms with E-state index in [0.29, 0.717) is 29.9 Å². The summed E-state index contributed by atoms with van der Waals surface area (Å²) in [5.74, 6) is -0.0432. The number of anilines is 1. The predicted molar refractivity (Wildman–Crippen MR) is 123 cm³/mol. The van der Waals surface area contributed by atoms with Crippen LogP contribution in [0.3, 0.4) is 0 Å². The number of morpholine rings is 1. The highest BCUT2D eigenvalue weighted by molar-refractivity contribution is 6.37. The van der Waals surface area contributed by atoms with Crippen LogP contribution in [0.25, 0.3) is 5.57 Å². The van der Waals surface area contributed by atoms with Crippen LogP contribution in [0.15, 0.2) is 54.2 Å². The maximum absolute atomic E-state index is 13.5. The Balaban J connectivity index is 1.60. The zero-order chi connectivity index (χ0) is 22.5. The van der Waals surface area contributed by atoms with Gasteiger partial charge in [-0.05, 0) is 37.1 Å². The number of methoxy groups -OCH3 is 1. The van der Waals surface area contributed by atoms with Crippen molar-refractivity contribution >= 4 is 23.1 Å². The summed E-state index contributed by atoms with van der Waals surface area (Å²) < 4.78 is 10.9. The van der Waals surface area contributed by atoms with Crippen LogP contribution in [-0.2, 0) is 14.3 Å². The van der Waals surface area contributed by atoms with Gasteiger partial charge < -0.3 is 14.8 Å². The molecule has 2 amide bonds. The van der Waals surface area contributed by atoms with E-state index < -0.39 is 0 Å². The standard InChI is InChI=1S/C25H29N3O4/c1-18-7-5-8-19(17-18)26-23-22(20-9-3-4-10-21(20)31-2)24(29)28(25(23)30)12-6-11-27-13-15-32-16-14-27/h3-5,7-10,17,26H,6,11-16H2,1-2H3. The number of carbonyl (C=O) groups excluding carboxylic acids is 2. The van der Waals surface area contributed by atoms with Crippen LogP contribution >= 0.6 is 0 Å².